The first-order valence-electron chi connectivity index (χ1n) is 7.53. The van der Waals surface area contributed by atoms with Gasteiger partial charge >= 0.3 is 0 Å². The van der Waals surface area contributed by atoms with Crippen molar-refractivity contribution in [1.29, 1.82) is 0 Å². The van der Waals surface area contributed by atoms with Crippen LogP contribution in [0.3, 0.4) is 0 Å². The Balaban J connectivity index is 1.80. The van der Waals surface area contributed by atoms with Crippen LogP contribution < -0.4 is 5.73 Å². The average Bonchev–Trinajstić information content (AvgIpc) is 2.48. The Hall–Kier alpha value is -1.04. The summed E-state index contributed by atoms with van der Waals surface area (Å²) >= 11 is 0. The van der Waals surface area contributed by atoms with E-state index in [0.717, 1.165) is 38.8 Å². The number of benzene rings is 1. The standard InChI is InChI=1S/C16H24F2N2O/c1-20(10-12-4-3-9-21-11-12)8-7-15(19)13-5-2-6-14(17)16(13)18/h2,5-6,12,15H,3-4,7-11,19H2,1H3. The van der Waals surface area contributed by atoms with Crippen LogP contribution >= 0.6 is 0 Å². The zero-order valence-electron chi connectivity index (χ0n) is 12.5. The molecule has 21 heavy (non-hydrogen) atoms. The molecule has 0 radical (unpaired) electrons. The molecule has 0 amide bonds. The van der Waals surface area contributed by atoms with E-state index in [9.17, 15) is 8.78 Å². The minimum absolute atomic E-state index is 0.254. The zero-order chi connectivity index (χ0) is 15.2. The van der Waals surface area contributed by atoms with Gasteiger partial charge in [0.25, 0.3) is 0 Å². The lowest BCUT2D eigenvalue weighted by molar-refractivity contribution is 0.0417. The second kappa shape index (κ2) is 7.82. The fourth-order valence-electron chi connectivity index (χ4n) is 2.81. The maximum atomic E-state index is 13.7. The molecule has 1 aromatic carbocycles. The van der Waals surface area contributed by atoms with Gasteiger partial charge in [-0.1, -0.05) is 12.1 Å². The Morgan fingerprint density at radius 2 is 2.24 bits per heavy atom. The van der Waals surface area contributed by atoms with Crippen LogP contribution in [0.2, 0.25) is 0 Å². The highest BCUT2D eigenvalue weighted by molar-refractivity contribution is 5.22. The van der Waals surface area contributed by atoms with E-state index in [1.165, 1.54) is 12.5 Å². The summed E-state index contributed by atoms with van der Waals surface area (Å²) in [6.45, 7) is 3.39. The van der Waals surface area contributed by atoms with Crippen molar-refractivity contribution in [3.05, 3.63) is 35.4 Å². The van der Waals surface area contributed by atoms with Gasteiger partial charge in [0.2, 0.25) is 0 Å². The third-order valence-electron chi connectivity index (χ3n) is 4.03. The molecule has 0 saturated carbocycles. The third-order valence-corrected chi connectivity index (χ3v) is 4.03. The van der Waals surface area contributed by atoms with Crippen LogP contribution in [0.25, 0.3) is 0 Å². The van der Waals surface area contributed by atoms with Crippen LogP contribution in [0.15, 0.2) is 18.2 Å². The molecular formula is C16H24F2N2O. The van der Waals surface area contributed by atoms with Crippen LogP contribution in [0, 0.1) is 17.6 Å². The van der Waals surface area contributed by atoms with E-state index in [0.29, 0.717) is 12.3 Å². The van der Waals surface area contributed by atoms with Crippen molar-refractivity contribution >= 4 is 0 Å². The van der Waals surface area contributed by atoms with Gasteiger partial charge in [0.15, 0.2) is 11.6 Å². The zero-order valence-corrected chi connectivity index (χ0v) is 12.5. The summed E-state index contributed by atoms with van der Waals surface area (Å²) in [5.74, 6) is -1.10. The minimum Gasteiger partial charge on any atom is -0.381 e. The van der Waals surface area contributed by atoms with Crippen molar-refractivity contribution in [1.82, 2.24) is 4.90 Å². The summed E-state index contributed by atoms with van der Waals surface area (Å²) in [6.07, 6.45) is 2.91. The van der Waals surface area contributed by atoms with Gasteiger partial charge in [0.05, 0.1) is 6.61 Å². The van der Waals surface area contributed by atoms with Gasteiger partial charge in [-0.05, 0) is 44.8 Å². The highest BCUT2D eigenvalue weighted by Crippen LogP contribution is 2.21. The lowest BCUT2D eigenvalue weighted by atomic mass is 10.0. The first kappa shape index (κ1) is 16.3. The molecule has 1 saturated heterocycles. The largest absolute Gasteiger partial charge is 0.381 e. The van der Waals surface area contributed by atoms with Gasteiger partial charge in [-0.2, -0.15) is 0 Å². The predicted octanol–water partition coefficient (Wildman–Crippen LogP) is 2.71. The fourth-order valence-corrected chi connectivity index (χ4v) is 2.81. The molecule has 0 bridgehead atoms. The summed E-state index contributed by atoms with van der Waals surface area (Å²) in [5, 5.41) is 0. The second-order valence-corrected chi connectivity index (χ2v) is 5.88. The number of rotatable bonds is 6. The van der Waals surface area contributed by atoms with Crippen molar-refractivity contribution in [3.63, 3.8) is 0 Å². The number of nitrogens with two attached hydrogens (primary N) is 1. The highest BCUT2D eigenvalue weighted by atomic mass is 19.2. The Morgan fingerprint density at radius 1 is 1.43 bits per heavy atom. The smallest absolute Gasteiger partial charge is 0.163 e. The molecule has 1 aromatic rings. The SMILES string of the molecule is CN(CCC(N)c1cccc(F)c1F)CC1CCCOC1. The fraction of sp³-hybridized carbons (Fsp3) is 0.625. The Labute approximate surface area is 125 Å². The first-order valence-corrected chi connectivity index (χ1v) is 7.53. The number of nitrogens with zero attached hydrogens (tertiary/aromatic N) is 1. The summed E-state index contributed by atoms with van der Waals surface area (Å²) < 4.78 is 32.3. The molecule has 2 unspecified atom stereocenters. The van der Waals surface area contributed by atoms with Crippen LogP contribution in [-0.2, 0) is 4.74 Å². The van der Waals surface area contributed by atoms with E-state index < -0.39 is 17.7 Å². The van der Waals surface area contributed by atoms with Crippen molar-refractivity contribution in [2.45, 2.75) is 25.3 Å². The lowest BCUT2D eigenvalue weighted by Gasteiger charge is -2.27. The molecule has 3 nitrogen and oxygen atoms in total. The average molecular weight is 298 g/mol. The van der Waals surface area contributed by atoms with Crippen molar-refractivity contribution < 1.29 is 13.5 Å². The molecule has 2 atom stereocenters. The third kappa shape index (κ3) is 4.73. The van der Waals surface area contributed by atoms with Gasteiger partial charge in [0.1, 0.15) is 0 Å². The van der Waals surface area contributed by atoms with Crippen LogP contribution in [-0.4, -0.2) is 38.3 Å². The molecule has 2 rings (SSSR count). The van der Waals surface area contributed by atoms with Crippen LogP contribution in [0.4, 0.5) is 8.78 Å². The molecule has 1 aliphatic heterocycles. The Morgan fingerprint density at radius 3 is 2.95 bits per heavy atom. The Bertz CT molecular complexity index is 450. The summed E-state index contributed by atoms with van der Waals surface area (Å²) in [7, 11) is 2.03. The van der Waals surface area contributed by atoms with E-state index >= 15 is 0 Å². The number of hydrogen-bond acceptors (Lipinski definition) is 3. The molecule has 2 N–H and O–H groups in total. The van der Waals surface area contributed by atoms with E-state index in [1.54, 1.807) is 6.07 Å². The lowest BCUT2D eigenvalue weighted by Crippen LogP contribution is -2.32. The quantitative estimate of drug-likeness (QED) is 0.877. The molecule has 0 aromatic heterocycles. The van der Waals surface area contributed by atoms with Crippen molar-refractivity contribution in [2.75, 3.05) is 33.4 Å². The molecule has 0 aliphatic carbocycles. The maximum Gasteiger partial charge on any atom is 0.163 e. The number of halogens is 2. The minimum atomic E-state index is -0.837. The van der Waals surface area contributed by atoms with Crippen LogP contribution in [0.1, 0.15) is 30.9 Å². The van der Waals surface area contributed by atoms with E-state index in [2.05, 4.69) is 4.90 Å². The van der Waals surface area contributed by atoms with E-state index in [1.807, 2.05) is 7.05 Å². The van der Waals surface area contributed by atoms with Crippen molar-refractivity contribution in [3.8, 4) is 0 Å². The monoisotopic (exact) mass is 298 g/mol. The van der Waals surface area contributed by atoms with E-state index in [4.69, 9.17) is 10.5 Å². The first-order chi connectivity index (χ1) is 10.1. The van der Waals surface area contributed by atoms with Gasteiger partial charge in [0, 0.05) is 24.8 Å². The summed E-state index contributed by atoms with van der Waals surface area (Å²) in [6, 6.07) is 3.68. The van der Waals surface area contributed by atoms with E-state index in [-0.39, 0.29) is 5.56 Å². The van der Waals surface area contributed by atoms with Crippen LogP contribution in [0.5, 0.6) is 0 Å². The van der Waals surface area contributed by atoms with Gasteiger partial charge < -0.3 is 15.4 Å². The second-order valence-electron chi connectivity index (χ2n) is 5.88. The van der Waals surface area contributed by atoms with Gasteiger partial charge in [-0.3, -0.25) is 0 Å². The highest BCUT2D eigenvalue weighted by Gasteiger charge is 2.18. The molecule has 0 spiro atoms. The molecular weight excluding hydrogens is 274 g/mol. The molecule has 1 fully saturated rings. The Kier molecular flexibility index (Phi) is 6.08. The number of hydrogen-bond donors (Lipinski definition) is 1. The normalized spacial score (nSPS) is 20.7. The summed E-state index contributed by atoms with van der Waals surface area (Å²) in [4.78, 5) is 2.19. The molecule has 1 heterocycles. The topological polar surface area (TPSA) is 38.5 Å². The molecule has 118 valence electrons. The van der Waals surface area contributed by atoms with Crippen molar-refractivity contribution in [2.24, 2.45) is 11.7 Å². The van der Waals surface area contributed by atoms with Gasteiger partial charge in [-0.15, -0.1) is 0 Å². The molecule has 1 aliphatic rings. The summed E-state index contributed by atoms with van der Waals surface area (Å²) in [5.41, 5.74) is 6.24. The van der Waals surface area contributed by atoms with Gasteiger partial charge in [-0.25, -0.2) is 8.78 Å². The molecule has 5 heteroatoms. The predicted molar refractivity (Wildman–Crippen MR) is 78.9 cm³/mol. The maximum absolute atomic E-state index is 13.7. The number of ether oxygens (including phenoxy) is 1.